The molecule has 1 amide bonds. The molecule has 0 aliphatic carbocycles. The van der Waals surface area contributed by atoms with Gasteiger partial charge in [-0.05, 0) is 30.2 Å². The highest BCUT2D eigenvalue weighted by Gasteiger charge is 2.28. The number of amides is 1. The summed E-state index contributed by atoms with van der Waals surface area (Å²) < 4.78 is 32.4. The molecule has 0 saturated carbocycles. The van der Waals surface area contributed by atoms with Crippen LogP contribution >= 0.6 is 0 Å². The predicted octanol–water partition coefficient (Wildman–Crippen LogP) is 0.555. The van der Waals surface area contributed by atoms with E-state index in [-0.39, 0.29) is 11.5 Å². The van der Waals surface area contributed by atoms with Crippen LogP contribution in [0.15, 0.2) is 30.3 Å². The molecule has 1 atom stereocenters. The molecule has 1 saturated heterocycles. The highest BCUT2D eigenvalue weighted by atomic mass is 32.2. The van der Waals surface area contributed by atoms with Crippen LogP contribution in [-0.2, 0) is 24.2 Å². The molecule has 8 heteroatoms. The van der Waals surface area contributed by atoms with Crippen LogP contribution in [0.2, 0.25) is 0 Å². The van der Waals surface area contributed by atoms with Crippen molar-refractivity contribution in [2.24, 2.45) is 0 Å². The first-order valence-electron chi connectivity index (χ1n) is 7.36. The topological polar surface area (TPSA) is 98.8 Å². The van der Waals surface area contributed by atoms with Crippen LogP contribution in [0.5, 0.6) is 5.75 Å². The third-order valence-corrected chi connectivity index (χ3v) is 5.24. The van der Waals surface area contributed by atoms with Crippen LogP contribution in [0.4, 0.5) is 0 Å². The SMILES string of the molecule is COc1ccc(/C=C/C(=O)OCC(=O)N[C@H]2CCS(=O)(=O)C2)cc1. The quantitative estimate of drug-likeness (QED) is 0.592. The molecule has 1 aliphatic rings. The Labute approximate surface area is 140 Å². The third kappa shape index (κ3) is 5.69. The minimum Gasteiger partial charge on any atom is -0.497 e. The Morgan fingerprint density at radius 3 is 2.58 bits per heavy atom. The van der Waals surface area contributed by atoms with E-state index in [4.69, 9.17) is 9.47 Å². The molecule has 130 valence electrons. The van der Waals surface area contributed by atoms with Gasteiger partial charge in [-0.1, -0.05) is 12.1 Å². The highest BCUT2D eigenvalue weighted by molar-refractivity contribution is 7.91. The van der Waals surface area contributed by atoms with Gasteiger partial charge in [-0.15, -0.1) is 0 Å². The number of hydrogen-bond donors (Lipinski definition) is 1. The molecule has 7 nitrogen and oxygen atoms in total. The molecular weight excluding hydrogens is 334 g/mol. The van der Waals surface area contributed by atoms with E-state index in [0.29, 0.717) is 12.2 Å². The Kier molecular flexibility index (Phi) is 5.97. The van der Waals surface area contributed by atoms with Crippen LogP contribution in [0, 0.1) is 0 Å². The Morgan fingerprint density at radius 2 is 2.00 bits per heavy atom. The Morgan fingerprint density at radius 1 is 1.29 bits per heavy atom. The second-order valence-corrected chi connectivity index (χ2v) is 7.61. The summed E-state index contributed by atoms with van der Waals surface area (Å²) in [6.07, 6.45) is 3.16. The molecule has 0 bridgehead atoms. The van der Waals surface area contributed by atoms with Crippen molar-refractivity contribution in [3.63, 3.8) is 0 Å². The van der Waals surface area contributed by atoms with Gasteiger partial charge in [0.2, 0.25) is 0 Å². The molecule has 0 radical (unpaired) electrons. The van der Waals surface area contributed by atoms with Gasteiger partial charge in [0.15, 0.2) is 16.4 Å². The number of methoxy groups -OCH3 is 1. The number of carbonyl (C=O) groups is 2. The van der Waals surface area contributed by atoms with E-state index in [1.807, 2.05) is 0 Å². The first-order valence-corrected chi connectivity index (χ1v) is 9.19. The Hall–Kier alpha value is -2.35. The summed E-state index contributed by atoms with van der Waals surface area (Å²) in [4.78, 5) is 23.2. The second kappa shape index (κ2) is 7.96. The molecule has 0 unspecified atom stereocenters. The molecule has 1 N–H and O–H groups in total. The van der Waals surface area contributed by atoms with Crippen LogP contribution in [0.3, 0.4) is 0 Å². The van der Waals surface area contributed by atoms with Gasteiger partial charge in [0.05, 0.1) is 18.6 Å². The summed E-state index contributed by atoms with van der Waals surface area (Å²) in [5.74, 6) is -0.449. The molecule has 1 aliphatic heterocycles. The van der Waals surface area contributed by atoms with Gasteiger partial charge in [-0.3, -0.25) is 4.79 Å². The van der Waals surface area contributed by atoms with Gasteiger partial charge >= 0.3 is 5.97 Å². The van der Waals surface area contributed by atoms with Gasteiger partial charge in [0.25, 0.3) is 5.91 Å². The van der Waals surface area contributed by atoms with Gasteiger partial charge in [0, 0.05) is 12.1 Å². The van der Waals surface area contributed by atoms with Crippen LogP contribution in [0.1, 0.15) is 12.0 Å². The summed E-state index contributed by atoms with van der Waals surface area (Å²) >= 11 is 0. The fraction of sp³-hybridized carbons (Fsp3) is 0.375. The van der Waals surface area contributed by atoms with Gasteiger partial charge in [-0.25, -0.2) is 13.2 Å². The maximum atomic E-state index is 11.6. The summed E-state index contributed by atoms with van der Waals surface area (Å²) in [6, 6.07) is 6.66. The molecule has 0 spiro atoms. The largest absolute Gasteiger partial charge is 0.497 e. The van der Waals surface area contributed by atoms with Crippen molar-refractivity contribution in [3.05, 3.63) is 35.9 Å². The van der Waals surface area contributed by atoms with E-state index in [9.17, 15) is 18.0 Å². The lowest BCUT2D eigenvalue weighted by Gasteiger charge is -2.10. The molecule has 1 heterocycles. The molecule has 1 fully saturated rings. The fourth-order valence-corrected chi connectivity index (χ4v) is 3.92. The Balaban J connectivity index is 1.74. The van der Waals surface area contributed by atoms with Crippen molar-refractivity contribution in [1.82, 2.24) is 5.32 Å². The number of benzene rings is 1. The standard InChI is InChI=1S/C16H19NO6S/c1-22-14-5-2-12(3-6-14)4-7-16(19)23-10-15(18)17-13-8-9-24(20,21)11-13/h2-7,13H,8-11H2,1H3,(H,17,18)/b7-4+/t13-/m0/s1. The second-order valence-electron chi connectivity index (χ2n) is 5.38. The van der Waals surface area contributed by atoms with E-state index in [0.717, 1.165) is 5.56 Å². The van der Waals surface area contributed by atoms with E-state index in [2.05, 4.69) is 5.32 Å². The molecule has 1 aromatic carbocycles. The summed E-state index contributed by atoms with van der Waals surface area (Å²) in [6.45, 7) is -0.442. The minimum absolute atomic E-state index is 0.0654. The number of carbonyl (C=O) groups excluding carboxylic acids is 2. The zero-order chi connectivity index (χ0) is 17.6. The van der Waals surface area contributed by atoms with Crippen LogP contribution in [0.25, 0.3) is 6.08 Å². The normalized spacial score (nSPS) is 19.1. The minimum atomic E-state index is -3.06. The number of sulfone groups is 1. The van der Waals surface area contributed by atoms with E-state index in [1.54, 1.807) is 37.5 Å². The summed E-state index contributed by atoms with van der Waals surface area (Å²) in [7, 11) is -1.50. The number of esters is 1. The van der Waals surface area contributed by atoms with Crippen molar-refractivity contribution < 1.29 is 27.5 Å². The fourth-order valence-electron chi connectivity index (χ4n) is 2.24. The third-order valence-electron chi connectivity index (χ3n) is 3.47. The zero-order valence-corrected chi connectivity index (χ0v) is 14.0. The van der Waals surface area contributed by atoms with Crippen molar-refractivity contribution in [2.75, 3.05) is 25.2 Å². The average molecular weight is 353 g/mol. The first-order chi connectivity index (χ1) is 11.4. The van der Waals surface area contributed by atoms with E-state index >= 15 is 0 Å². The predicted molar refractivity (Wildman–Crippen MR) is 88.2 cm³/mol. The van der Waals surface area contributed by atoms with Crippen LogP contribution < -0.4 is 10.1 Å². The number of rotatable bonds is 6. The number of ether oxygens (including phenoxy) is 2. The van der Waals surface area contributed by atoms with Crippen LogP contribution in [-0.4, -0.2) is 51.6 Å². The van der Waals surface area contributed by atoms with Crippen molar-refractivity contribution in [3.8, 4) is 5.75 Å². The molecule has 0 aromatic heterocycles. The number of hydrogen-bond acceptors (Lipinski definition) is 6. The van der Waals surface area contributed by atoms with Gasteiger partial charge in [0.1, 0.15) is 5.75 Å². The lowest BCUT2D eigenvalue weighted by Crippen LogP contribution is -2.38. The molecule has 1 aromatic rings. The lowest BCUT2D eigenvalue weighted by atomic mass is 10.2. The first kappa shape index (κ1) is 18.0. The Bertz CT molecular complexity index is 723. The van der Waals surface area contributed by atoms with Gasteiger partial charge in [-0.2, -0.15) is 0 Å². The molecule has 2 rings (SSSR count). The van der Waals surface area contributed by atoms with E-state index in [1.165, 1.54) is 6.08 Å². The maximum absolute atomic E-state index is 11.6. The monoisotopic (exact) mass is 353 g/mol. The summed E-state index contributed by atoms with van der Waals surface area (Å²) in [5, 5.41) is 2.54. The maximum Gasteiger partial charge on any atom is 0.331 e. The summed E-state index contributed by atoms with van der Waals surface area (Å²) in [5.41, 5.74) is 0.786. The number of nitrogens with one attached hydrogen (secondary N) is 1. The average Bonchev–Trinajstić information content (AvgIpc) is 2.90. The zero-order valence-electron chi connectivity index (χ0n) is 13.2. The van der Waals surface area contributed by atoms with Crippen molar-refractivity contribution in [2.45, 2.75) is 12.5 Å². The van der Waals surface area contributed by atoms with Crippen molar-refractivity contribution >= 4 is 27.8 Å². The smallest absolute Gasteiger partial charge is 0.331 e. The highest BCUT2D eigenvalue weighted by Crippen LogP contribution is 2.12. The molecule has 24 heavy (non-hydrogen) atoms. The van der Waals surface area contributed by atoms with E-state index < -0.39 is 34.4 Å². The molecular formula is C16H19NO6S. The lowest BCUT2D eigenvalue weighted by molar-refractivity contribution is -0.143. The van der Waals surface area contributed by atoms with Gasteiger partial charge < -0.3 is 14.8 Å². The van der Waals surface area contributed by atoms with Crippen molar-refractivity contribution in [1.29, 1.82) is 0 Å².